The Morgan fingerprint density at radius 1 is 1.15 bits per heavy atom. The van der Waals surface area contributed by atoms with Crippen LogP contribution >= 0.6 is 0 Å². The molecule has 5 nitrogen and oxygen atoms in total. The molecule has 7 heteroatoms. The molecule has 1 saturated heterocycles. The molecule has 1 amide bonds. The molecule has 1 saturated carbocycles. The Morgan fingerprint density at radius 2 is 1.78 bits per heavy atom. The van der Waals surface area contributed by atoms with E-state index in [1.54, 1.807) is 6.92 Å². The maximum absolute atomic E-state index is 13.6. The first-order chi connectivity index (χ1) is 12.7. The second-order valence-electron chi connectivity index (χ2n) is 7.85. The molecule has 3 rings (SSSR count). The summed E-state index contributed by atoms with van der Waals surface area (Å²) < 4.78 is 32.6. The SMILES string of the molecule is CC[C@@]1(C(=O)O)CC2(CCC(F)(F)CC2)CN1C(=O)OCc1ccccc1. The Bertz CT molecular complexity index is 699. The van der Waals surface area contributed by atoms with Crippen molar-refractivity contribution in [3.8, 4) is 0 Å². The lowest BCUT2D eigenvalue weighted by Crippen LogP contribution is -2.52. The monoisotopic (exact) mass is 381 g/mol. The number of hydrogen-bond acceptors (Lipinski definition) is 3. The van der Waals surface area contributed by atoms with Crippen molar-refractivity contribution in [3.05, 3.63) is 35.9 Å². The number of likely N-dealkylation sites (tertiary alicyclic amines) is 1. The number of carboxylic acid groups (broad SMARTS) is 1. The largest absolute Gasteiger partial charge is 0.479 e. The Balaban J connectivity index is 1.78. The van der Waals surface area contributed by atoms with Gasteiger partial charge in [-0.15, -0.1) is 0 Å². The van der Waals surface area contributed by atoms with Crippen LogP contribution in [0.4, 0.5) is 13.6 Å². The molecule has 1 heterocycles. The number of rotatable bonds is 4. The number of alkyl halides is 2. The maximum atomic E-state index is 13.6. The molecule has 1 aromatic carbocycles. The summed E-state index contributed by atoms with van der Waals surface area (Å²) in [5, 5.41) is 9.89. The molecular weight excluding hydrogens is 356 g/mol. The fourth-order valence-corrected chi connectivity index (χ4v) is 4.43. The van der Waals surface area contributed by atoms with Gasteiger partial charge in [0, 0.05) is 19.4 Å². The van der Waals surface area contributed by atoms with Crippen LogP contribution in [0.3, 0.4) is 0 Å². The highest BCUT2D eigenvalue weighted by Gasteiger charge is 2.60. The second kappa shape index (κ2) is 7.09. The number of halogens is 2. The van der Waals surface area contributed by atoms with E-state index in [-0.39, 0.29) is 51.7 Å². The summed E-state index contributed by atoms with van der Waals surface area (Å²) >= 11 is 0. The topological polar surface area (TPSA) is 66.8 Å². The number of benzene rings is 1. The smallest absolute Gasteiger partial charge is 0.411 e. The van der Waals surface area contributed by atoms with E-state index in [2.05, 4.69) is 0 Å². The average molecular weight is 381 g/mol. The van der Waals surface area contributed by atoms with Crippen LogP contribution in [0.2, 0.25) is 0 Å². The van der Waals surface area contributed by atoms with Gasteiger partial charge in [-0.3, -0.25) is 4.90 Å². The Hall–Kier alpha value is -2.18. The average Bonchev–Trinajstić information content (AvgIpc) is 3.00. The van der Waals surface area contributed by atoms with Crippen molar-refractivity contribution in [1.82, 2.24) is 4.90 Å². The van der Waals surface area contributed by atoms with Gasteiger partial charge in [-0.05, 0) is 36.7 Å². The number of carbonyl (C=O) groups is 2. The van der Waals surface area contributed by atoms with Crippen molar-refractivity contribution >= 4 is 12.1 Å². The number of carboxylic acids is 1. The van der Waals surface area contributed by atoms with Crippen LogP contribution in [0.1, 0.15) is 51.0 Å². The van der Waals surface area contributed by atoms with Gasteiger partial charge in [-0.2, -0.15) is 0 Å². The molecule has 0 unspecified atom stereocenters. The second-order valence-corrected chi connectivity index (χ2v) is 7.85. The molecule has 148 valence electrons. The van der Waals surface area contributed by atoms with Crippen molar-refractivity contribution in [2.24, 2.45) is 5.41 Å². The third kappa shape index (κ3) is 3.77. The molecule has 1 aliphatic carbocycles. The molecule has 0 bridgehead atoms. The summed E-state index contributed by atoms with van der Waals surface area (Å²) in [4.78, 5) is 26.1. The lowest BCUT2D eigenvalue weighted by atomic mass is 9.69. The van der Waals surface area contributed by atoms with E-state index in [0.717, 1.165) is 5.56 Å². The Morgan fingerprint density at radius 3 is 2.33 bits per heavy atom. The van der Waals surface area contributed by atoms with E-state index >= 15 is 0 Å². The lowest BCUT2D eigenvalue weighted by molar-refractivity contribution is -0.149. The lowest BCUT2D eigenvalue weighted by Gasteiger charge is -2.37. The molecule has 0 radical (unpaired) electrons. The van der Waals surface area contributed by atoms with Crippen molar-refractivity contribution < 1.29 is 28.2 Å². The summed E-state index contributed by atoms with van der Waals surface area (Å²) in [6, 6.07) is 9.12. The number of amides is 1. The van der Waals surface area contributed by atoms with Gasteiger partial charge in [0.25, 0.3) is 0 Å². The molecular formula is C20H25F2NO4. The predicted molar refractivity (Wildman–Crippen MR) is 94.5 cm³/mol. The maximum Gasteiger partial charge on any atom is 0.411 e. The number of carbonyl (C=O) groups excluding carboxylic acids is 1. The minimum absolute atomic E-state index is 0.0423. The highest BCUT2D eigenvalue weighted by atomic mass is 19.3. The van der Waals surface area contributed by atoms with Gasteiger partial charge in [-0.1, -0.05) is 37.3 Å². The molecule has 1 aliphatic heterocycles. The van der Waals surface area contributed by atoms with Crippen LogP contribution in [-0.4, -0.2) is 40.1 Å². The van der Waals surface area contributed by atoms with Gasteiger partial charge >= 0.3 is 12.1 Å². The third-order valence-corrected chi connectivity index (χ3v) is 6.13. The molecule has 1 N–H and O–H groups in total. The molecule has 1 atom stereocenters. The molecule has 2 fully saturated rings. The van der Waals surface area contributed by atoms with E-state index in [9.17, 15) is 23.5 Å². The summed E-state index contributed by atoms with van der Waals surface area (Å²) in [6.07, 6.45) is -0.381. The third-order valence-electron chi connectivity index (χ3n) is 6.13. The van der Waals surface area contributed by atoms with Crippen LogP contribution < -0.4 is 0 Å². The zero-order valence-corrected chi connectivity index (χ0v) is 15.4. The fraction of sp³-hybridized carbons (Fsp3) is 0.600. The highest BCUT2D eigenvalue weighted by Crippen LogP contribution is 2.54. The van der Waals surface area contributed by atoms with Crippen molar-refractivity contribution in [1.29, 1.82) is 0 Å². The predicted octanol–water partition coefficient (Wildman–Crippen LogP) is 4.46. The minimum atomic E-state index is -2.70. The van der Waals surface area contributed by atoms with E-state index < -0.39 is 28.9 Å². The van der Waals surface area contributed by atoms with Gasteiger partial charge in [-0.25, -0.2) is 18.4 Å². The van der Waals surface area contributed by atoms with Crippen molar-refractivity contribution in [3.63, 3.8) is 0 Å². The van der Waals surface area contributed by atoms with Crippen LogP contribution in [0.15, 0.2) is 30.3 Å². The van der Waals surface area contributed by atoms with Gasteiger partial charge in [0.2, 0.25) is 5.92 Å². The van der Waals surface area contributed by atoms with Crippen LogP contribution in [-0.2, 0) is 16.1 Å². The highest BCUT2D eigenvalue weighted by molar-refractivity contribution is 5.85. The van der Waals surface area contributed by atoms with Gasteiger partial charge < -0.3 is 9.84 Å². The molecule has 27 heavy (non-hydrogen) atoms. The summed E-state index contributed by atoms with van der Waals surface area (Å²) in [7, 11) is 0. The zero-order valence-electron chi connectivity index (χ0n) is 15.4. The molecule has 1 aromatic rings. The summed E-state index contributed by atoms with van der Waals surface area (Å²) in [6.45, 7) is 1.90. The number of ether oxygens (including phenoxy) is 1. The van der Waals surface area contributed by atoms with Gasteiger partial charge in [0.15, 0.2) is 0 Å². The Kier molecular flexibility index (Phi) is 5.14. The molecule has 0 aromatic heterocycles. The van der Waals surface area contributed by atoms with Crippen molar-refractivity contribution in [2.45, 2.75) is 63.5 Å². The quantitative estimate of drug-likeness (QED) is 0.836. The van der Waals surface area contributed by atoms with E-state index in [4.69, 9.17) is 4.74 Å². The van der Waals surface area contributed by atoms with E-state index in [0.29, 0.717) is 0 Å². The molecule has 2 aliphatic rings. The first kappa shape index (κ1) is 19.6. The minimum Gasteiger partial charge on any atom is -0.479 e. The van der Waals surface area contributed by atoms with Gasteiger partial charge in [0.05, 0.1) is 0 Å². The van der Waals surface area contributed by atoms with E-state index in [1.165, 1.54) is 4.90 Å². The van der Waals surface area contributed by atoms with E-state index in [1.807, 2.05) is 30.3 Å². The van der Waals surface area contributed by atoms with Gasteiger partial charge in [0.1, 0.15) is 12.1 Å². The molecule has 1 spiro atoms. The standard InChI is InChI=1S/C20H25F2NO4/c1-2-19(16(24)25)13-18(8-10-20(21,22)11-9-18)14-23(19)17(26)27-12-15-6-4-3-5-7-15/h3-7H,2,8-14H2,1H3,(H,24,25)/t19-/m0/s1. The number of aliphatic carboxylic acids is 1. The van der Waals surface area contributed by atoms with Crippen LogP contribution in [0.5, 0.6) is 0 Å². The summed E-state index contributed by atoms with van der Waals surface area (Å²) in [5.74, 6) is -3.80. The van der Waals surface area contributed by atoms with Crippen LogP contribution in [0, 0.1) is 5.41 Å². The van der Waals surface area contributed by atoms with Crippen LogP contribution in [0.25, 0.3) is 0 Å². The number of hydrogen-bond donors (Lipinski definition) is 1. The number of nitrogens with zero attached hydrogens (tertiary/aromatic N) is 1. The first-order valence-corrected chi connectivity index (χ1v) is 9.32. The first-order valence-electron chi connectivity index (χ1n) is 9.32. The fourth-order valence-electron chi connectivity index (χ4n) is 4.43. The van der Waals surface area contributed by atoms with Crippen molar-refractivity contribution in [2.75, 3.05) is 6.54 Å². The Labute approximate surface area is 157 Å². The summed E-state index contributed by atoms with van der Waals surface area (Å²) in [5.41, 5.74) is -1.18. The zero-order chi connectivity index (χ0) is 19.7. The normalized spacial score (nSPS) is 26.1.